The molecule has 7 nitrogen and oxygen atoms in total. The molecule has 0 unspecified atom stereocenters. The third kappa shape index (κ3) is 4.95. The maximum absolute atomic E-state index is 13.7. The minimum absolute atomic E-state index is 0.0547. The van der Waals surface area contributed by atoms with Crippen molar-refractivity contribution in [3.8, 4) is 0 Å². The standard InChI is InChI=1S/C23H35N3O4S/c1-5-31(29,30)25-15-21(27)26(20-14-17(2)12-13-18(20)3)23(4,16-25)22(28)24-19-10-8-6-7-9-11-19/h12-14,19H,5-11,15-16H2,1-4H3,(H,24,28)/t23-/m1/s1. The SMILES string of the molecule is CCS(=O)(=O)N1CC(=O)N(c2cc(C)ccc2C)[C@@](C)(C(=O)NC2CCCCCC2)C1. The molecule has 1 N–H and O–H groups in total. The normalized spacial score (nSPS) is 24.1. The number of anilines is 1. The molecule has 8 heteroatoms. The number of benzene rings is 1. The first-order chi connectivity index (χ1) is 14.6. The summed E-state index contributed by atoms with van der Waals surface area (Å²) in [5.74, 6) is -0.774. The highest BCUT2D eigenvalue weighted by Crippen LogP contribution is 2.34. The highest BCUT2D eigenvalue weighted by molar-refractivity contribution is 7.89. The molecule has 2 amide bonds. The molecular weight excluding hydrogens is 414 g/mol. The van der Waals surface area contributed by atoms with Crippen LogP contribution in [0.3, 0.4) is 0 Å². The summed E-state index contributed by atoms with van der Waals surface area (Å²) in [4.78, 5) is 28.5. The quantitative estimate of drug-likeness (QED) is 0.701. The molecule has 31 heavy (non-hydrogen) atoms. The first-order valence-corrected chi connectivity index (χ1v) is 12.9. The number of rotatable bonds is 5. The molecule has 1 aromatic carbocycles. The van der Waals surface area contributed by atoms with Gasteiger partial charge in [0.25, 0.3) is 0 Å². The Morgan fingerprint density at radius 3 is 2.42 bits per heavy atom. The molecule has 1 heterocycles. The highest BCUT2D eigenvalue weighted by Gasteiger charge is 2.51. The number of piperazine rings is 1. The largest absolute Gasteiger partial charge is 0.351 e. The molecule has 172 valence electrons. The van der Waals surface area contributed by atoms with Crippen LogP contribution in [0, 0.1) is 13.8 Å². The summed E-state index contributed by atoms with van der Waals surface area (Å²) in [7, 11) is -3.62. The predicted molar refractivity (Wildman–Crippen MR) is 122 cm³/mol. The van der Waals surface area contributed by atoms with E-state index in [4.69, 9.17) is 0 Å². The van der Waals surface area contributed by atoms with Crippen molar-refractivity contribution in [1.29, 1.82) is 0 Å². The minimum Gasteiger partial charge on any atom is -0.351 e. The number of hydrogen-bond acceptors (Lipinski definition) is 4. The van der Waals surface area contributed by atoms with Gasteiger partial charge in [-0.3, -0.25) is 14.5 Å². The van der Waals surface area contributed by atoms with E-state index in [1.165, 1.54) is 22.0 Å². The summed E-state index contributed by atoms with van der Waals surface area (Å²) >= 11 is 0. The lowest BCUT2D eigenvalue weighted by atomic mass is 9.92. The topological polar surface area (TPSA) is 86.8 Å². The summed E-state index contributed by atoms with van der Waals surface area (Å²) in [6, 6.07) is 5.84. The fraction of sp³-hybridized carbons (Fsp3) is 0.652. The Balaban J connectivity index is 2.02. The lowest BCUT2D eigenvalue weighted by molar-refractivity contribution is -0.133. The third-order valence-corrected chi connectivity index (χ3v) is 8.36. The van der Waals surface area contributed by atoms with Crippen molar-refractivity contribution in [1.82, 2.24) is 9.62 Å². The lowest BCUT2D eigenvalue weighted by Crippen LogP contribution is -2.71. The van der Waals surface area contributed by atoms with E-state index in [0.29, 0.717) is 5.69 Å². The molecule has 1 saturated heterocycles. The molecular formula is C23H35N3O4S. The molecule has 1 aliphatic heterocycles. The molecule has 0 bridgehead atoms. The summed E-state index contributed by atoms with van der Waals surface area (Å²) in [6.45, 7) is 6.78. The smallest absolute Gasteiger partial charge is 0.247 e. The maximum atomic E-state index is 13.7. The van der Waals surface area contributed by atoms with Crippen LogP contribution in [-0.2, 0) is 19.6 Å². The Kier molecular flexibility index (Phi) is 7.11. The Morgan fingerprint density at radius 2 is 1.81 bits per heavy atom. The molecule has 1 atom stereocenters. The van der Waals surface area contributed by atoms with Crippen molar-refractivity contribution in [2.75, 3.05) is 23.7 Å². The van der Waals surface area contributed by atoms with Gasteiger partial charge < -0.3 is 5.32 Å². The zero-order valence-electron chi connectivity index (χ0n) is 19.1. The zero-order valence-corrected chi connectivity index (χ0v) is 19.9. The van der Waals surface area contributed by atoms with Gasteiger partial charge in [0.05, 0.1) is 12.3 Å². The molecule has 1 aromatic rings. The average Bonchev–Trinajstić information content (AvgIpc) is 2.98. The van der Waals surface area contributed by atoms with Gasteiger partial charge in [-0.15, -0.1) is 0 Å². The number of carbonyl (C=O) groups is 2. The zero-order chi connectivity index (χ0) is 22.8. The van der Waals surface area contributed by atoms with E-state index in [-0.39, 0.29) is 36.7 Å². The molecule has 0 aromatic heterocycles. The van der Waals surface area contributed by atoms with Gasteiger partial charge in [-0.05, 0) is 57.7 Å². The fourth-order valence-corrected chi connectivity index (χ4v) is 5.76. The number of carbonyl (C=O) groups excluding carboxylic acids is 2. The number of nitrogens with zero attached hydrogens (tertiary/aromatic N) is 2. The van der Waals surface area contributed by atoms with Crippen molar-refractivity contribution in [2.24, 2.45) is 0 Å². The van der Waals surface area contributed by atoms with Crippen LogP contribution in [0.25, 0.3) is 0 Å². The van der Waals surface area contributed by atoms with Crippen LogP contribution < -0.4 is 10.2 Å². The van der Waals surface area contributed by atoms with Crippen molar-refractivity contribution in [2.45, 2.75) is 77.8 Å². The van der Waals surface area contributed by atoms with E-state index < -0.39 is 15.6 Å². The summed E-state index contributed by atoms with van der Waals surface area (Å²) < 4.78 is 26.4. The maximum Gasteiger partial charge on any atom is 0.247 e. The van der Waals surface area contributed by atoms with Crippen LogP contribution in [0.5, 0.6) is 0 Å². The summed E-state index contributed by atoms with van der Waals surface area (Å²) in [5, 5.41) is 3.16. The van der Waals surface area contributed by atoms with Gasteiger partial charge in [-0.25, -0.2) is 8.42 Å². The van der Waals surface area contributed by atoms with Crippen LogP contribution in [0.15, 0.2) is 18.2 Å². The minimum atomic E-state index is -3.62. The first-order valence-electron chi connectivity index (χ1n) is 11.3. The van der Waals surface area contributed by atoms with Crippen LogP contribution in [0.4, 0.5) is 5.69 Å². The van der Waals surface area contributed by atoms with E-state index in [2.05, 4.69) is 5.32 Å². The molecule has 3 rings (SSSR count). The number of hydrogen-bond donors (Lipinski definition) is 1. The van der Waals surface area contributed by atoms with Crippen molar-refractivity contribution in [3.63, 3.8) is 0 Å². The van der Waals surface area contributed by atoms with E-state index in [1.807, 2.05) is 32.0 Å². The Hall–Kier alpha value is -1.93. The van der Waals surface area contributed by atoms with E-state index in [9.17, 15) is 18.0 Å². The van der Waals surface area contributed by atoms with Gasteiger partial charge in [0.1, 0.15) is 5.54 Å². The number of aryl methyl sites for hydroxylation is 2. The van der Waals surface area contributed by atoms with Gasteiger partial charge >= 0.3 is 0 Å². The van der Waals surface area contributed by atoms with Crippen LogP contribution in [0.2, 0.25) is 0 Å². The molecule has 2 fully saturated rings. The van der Waals surface area contributed by atoms with Gasteiger partial charge in [-0.1, -0.05) is 37.8 Å². The van der Waals surface area contributed by atoms with E-state index in [1.54, 1.807) is 13.8 Å². The van der Waals surface area contributed by atoms with Gasteiger partial charge in [0.2, 0.25) is 21.8 Å². The van der Waals surface area contributed by atoms with Crippen LogP contribution >= 0.6 is 0 Å². The lowest BCUT2D eigenvalue weighted by Gasteiger charge is -2.47. The summed E-state index contributed by atoms with van der Waals surface area (Å²) in [6.07, 6.45) is 6.29. The number of sulfonamides is 1. The Labute approximate surface area is 186 Å². The molecule has 0 spiro atoms. The van der Waals surface area contributed by atoms with Gasteiger partial charge in [-0.2, -0.15) is 4.31 Å². The third-order valence-electron chi connectivity index (χ3n) is 6.58. The number of nitrogens with one attached hydrogen (secondary N) is 1. The molecule has 0 radical (unpaired) electrons. The first kappa shape index (κ1) is 23.7. The van der Waals surface area contributed by atoms with Gasteiger partial charge in [0, 0.05) is 18.3 Å². The summed E-state index contributed by atoms with van der Waals surface area (Å²) in [5.41, 5.74) is 1.18. The molecule has 2 aliphatic rings. The van der Waals surface area contributed by atoms with Crippen LogP contribution in [-0.4, -0.2) is 55.0 Å². The van der Waals surface area contributed by atoms with Crippen molar-refractivity contribution < 1.29 is 18.0 Å². The van der Waals surface area contributed by atoms with E-state index in [0.717, 1.165) is 36.8 Å². The number of amides is 2. The average molecular weight is 450 g/mol. The molecule has 1 aliphatic carbocycles. The second-order valence-electron chi connectivity index (χ2n) is 9.12. The fourth-order valence-electron chi connectivity index (χ4n) is 4.64. The Bertz CT molecular complexity index is 938. The molecule has 1 saturated carbocycles. The van der Waals surface area contributed by atoms with Crippen molar-refractivity contribution in [3.05, 3.63) is 29.3 Å². The predicted octanol–water partition coefficient (Wildman–Crippen LogP) is 2.90. The second-order valence-corrected chi connectivity index (χ2v) is 11.4. The van der Waals surface area contributed by atoms with Crippen LogP contribution in [0.1, 0.15) is 63.5 Å². The Morgan fingerprint density at radius 1 is 1.16 bits per heavy atom. The second kappa shape index (κ2) is 9.28. The van der Waals surface area contributed by atoms with E-state index >= 15 is 0 Å². The van der Waals surface area contributed by atoms with Crippen molar-refractivity contribution >= 4 is 27.5 Å². The highest BCUT2D eigenvalue weighted by atomic mass is 32.2. The monoisotopic (exact) mass is 449 g/mol. The van der Waals surface area contributed by atoms with Gasteiger partial charge in [0.15, 0.2) is 0 Å².